The highest BCUT2D eigenvalue weighted by atomic mass is 16.7. The molecule has 1 aliphatic rings. The van der Waals surface area contributed by atoms with E-state index in [2.05, 4.69) is 9.97 Å². The van der Waals surface area contributed by atoms with Crippen molar-refractivity contribution in [3.63, 3.8) is 0 Å². The van der Waals surface area contributed by atoms with Crippen molar-refractivity contribution in [2.75, 3.05) is 47.3 Å². The molecule has 0 spiro atoms. The van der Waals surface area contributed by atoms with Crippen LogP contribution in [0.25, 0.3) is 0 Å². The normalized spacial score (nSPS) is 16.5. The molecule has 0 amide bonds. The summed E-state index contributed by atoms with van der Waals surface area (Å²) in [4.78, 5) is 9.08. The first kappa shape index (κ1) is 18.2. The highest BCUT2D eigenvalue weighted by Crippen LogP contribution is 2.42. The van der Waals surface area contributed by atoms with Crippen molar-refractivity contribution in [3.05, 3.63) is 23.8 Å². The molecule has 0 bridgehead atoms. The van der Waals surface area contributed by atoms with E-state index in [1.54, 1.807) is 26.5 Å². The number of methoxy groups -OCH3 is 2. The molecule has 7 heteroatoms. The van der Waals surface area contributed by atoms with Crippen LogP contribution in [-0.2, 0) is 24.4 Å². The average Bonchev–Trinajstić information content (AvgIpc) is 2.54. The van der Waals surface area contributed by atoms with Crippen molar-refractivity contribution in [1.29, 1.82) is 0 Å². The van der Waals surface area contributed by atoms with Crippen molar-refractivity contribution in [2.45, 2.75) is 31.0 Å². The number of hydrogen-bond donors (Lipinski definition) is 1. The maximum Gasteiger partial charge on any atom is 0.200 e. The number of aliphatic hydroxyl groups excluding tert-OH is 1. The van der Waals surface area contributed by atoms with Crippen LogP contribution in [0.1, 0.15) is 37.1 Å². The van der Waals surface area contributed by atoms with Crippen molar-refractivity contribution in [3.8, 4) is 0 Å². The average molecular weight is 326 g/mol. The van der Waals surface area contributed by atoms with E-state index in [1.807, 2.05) is 0 Å². The lowest BCUT2D eigenvalue weighted by Gasteiger charge is -2.40. The fraction of sp³-hybridized carbons (Fsp3) is 0.750. The summed E-state index contributed by atoms with van der Waals surface area (Å²) in [5, 5.41) is 8.66. The third-order valence-corrected chi connectivity index (χ3v) is 4.12. The van der Waals surface area contributed by atoms with Gasteiger partial charge in [-0.1, -0.05) is 6.42 Å². The molecule has 1 heterocycles. The zero-order valence-corrected chi connectivity index (χ0v) is 13.9. The number of nitrogens with zero attached hydrogens (tertiary/aromatic N) is 2. The van der Waals surface area contributed by atoms with E-state index in [0.717, 1.165) is 30.8 Å². The molecule has 0 aliphatic heterocycles. The summed E-state index contributed by atoms with van der Waals surface area (Å²) in [6.07, 6.45) is 4.43. The Bertz CT molecular complexity index is 464. The van der Waals surface area contributed by atoms with Crippen molar-refractivity contribution >= 4 is 0 Å². The molecule has 2 rings (SSSR count). The predicted octanol–water partition coefficient (Wildman–Crippen LogP) is 1.22. The Labute approximate surface area is 136 Å². The zero-order valence-electron chi connectivity index (χ0n) is 13.9. The van der Waals surface area contributed by atoms with Gasteiger partial charge in [-0.25, -0.2) is 9.97 Å². The van der Waals surface area contributed by atoms with Gasteiger partial charge in [0.1, 0.15) is 5.82 Å². The highest BCUT2D eigenvalue weighted by Gasteiger charge is 2.42. The molecular weight excluding hydrogens is 300 g/mol. The summed E-state index contributed by atoms with van der Waals surface area (Å²) in [7, 11) is 3.18. The topological polar surface area (TPSA) is 82.9 Å². The van der Waals surface area contributed by atoms with Crippen LogP contribution in [0.4, 0.5) is 0 Å². The number of aliphatic hydroxyl groups is 1. The van der Waals surface area contributed by atoms with Crippen LogP contribution in [0.5, 0.6) is 0 Å². The first-order valence-electron chi connectivity index (χ1n) is 7.91. The SMILES string of the molecule is COC(OC)c1ccnc(C2(COCCOCCO)CCC2)n1. The second-order valence-electron chi connectivity index (χ2n) is 5.63. The molecule has 7 nitrogen and oxygen atoms in total. The smallest absolute Gasteiger partial charge is 0.200 e. The molecule has 23 heavy (non-hydrogen) atoms. The Morgan fingerprint density at radius 2 is 1.91 bits per heavy atom. The number of hydrogen-bond acceptors (Lipinski definition) is 7. The maximum absolute atomic E-state index is 8.66. The van der Waals surface area contributed by atoms with Crippen LogP contribution in [0.2, 0.25) is 0 Å². The Hall–Kier alpha value is -1.12. The van der Waals surface area contributed by atoms with Crippen molar-refractivity contribution < 1.29 is 24.1 Å². The summed E-state index contributed by atoms with van der Waals surface area (Å²) >= 11 is 0. The number of aromatic nitrogens is 2. The van der Waals surface area contributed by atoms with Gasteiger partial charge in [0.05, 0.1) is 44.1 Å². The van der Waals surface area contributed by atoms with Crippen LogP contribution >= 0.6 is 0 Å². The fourth-order valence-corrected chi connectivity index (χ4v) is 2.69. The van der Waals surface area contributed by atoms with E-state index in [0.29, 0.717) is 26.4 Å². The highest BCUT2D eigenvalue weighted by molar-refractivity contribution is 5.16. The van der Waals surface area contributed by atoms with Crippen LogP contribution in [-0.4, -0.2) is 62.3 Å². The molecule has 0 aromatic carbocycles. The van der Waals surface area contributed by atoms with Gasteiger partial charge < -0.3 is 24.1 Å². The Morgan fingerprint density at radius 3 is 2.52 bits per heavy atom. The third kappa shape index (κ3) is 4.68. The quantitative estimate of drug-likeness (QED) is 0.483. The van der Waals surface area contributed by atoms with Gasteiger partial charge in [-0.3, -0.25) is 0 Å². The molecule has 130 valence electrons. The monoisotopic (exact) mass is 326 g/mol. The minimum absolute atomic E-state index is 0.0325. The third-order valence-electron chi connectivity index (χ3n) is 4.12. The van der Waals surface area contributed by atoms with E-state index < -0.39 is 6.29 Å². The fourth-order valence-electron chi connectivity index (χ4n) is 2.69. The van der Waals surface area contributed by atoms with Gasteiger partial charge in [0.2, 0.25) is 6.29 Å². The Kier molecular flexibility index (Phi) is 7.32. The first-order valence-corrected chi connectivity index (χ1v) is 7.91. The lowest BCUT2D eigenvalue weighted by atomic mass is 9.68. The van der Waals surface area contributed by atoms with Crippen molar-refractivity contribution in [2.24, 2.45) is 0 Å². The molecule has 1 aromatic heterocycles. The lowest BCUT2D eigenvalue weighted by molar-refractivity contribution is -0.109. The molecule has 0 unspecified atom stereocenters. The predicted molar refractivity (Wildman–Crippen MR) is 83.0 cm³/mol. The van der Waals surface area contributed by atoms with Crippen LogP contribution < -0.4 is 0 Å². The van der Waals surface area contributed by atoms with E-state index in [-0.39, 0.29) is 12.0 Å². The summed E-state index contributed by atoms with van der Waals surface area (Å²) in [6, 6.07) is 1.80. The van der Waals surface area contributed by atoms with Gasteiger partial charge in [0.15, 0.2) is 0 Å². The molecule has 0 atom stereocenters. The first-order chi connectivity index (χ1) is 11.3. The van der Waals surface area contributed by atoms with Gasteiger partial charge >= 0.3 is 0 Å². The van der Waals surface area contributed by atoms with Gasteiger partial charge in [-0.15, -0.1) is 0 Å². The van der Waals surface area contributed by atoms with E-state index in [4.69, 9.17) is 24.1 Å². The lowest BCUT2D eigenvalue weighted by Crippen LogP contribution is -2.41. The molecule has 1 aliphatic carbocycles. The minimum Gasteiger partial charge on any atom is -0.394 e. The molecule has 1 fully saturated rings. The minimum atomic E-state index is -0.485. The van der Waals surface area contributed by atoms with Crippen LogP contribution in [0, 0.1) is 0 Å². The second kappa shape index (κ2) is 9.24. The van der Waals surface area contributed by atoms with E-state index >= 15 is 0 Å². The molecule has 1 saturated carbocycles. The van der Waals surface area contributed by atoms with Crippen molar-refractivity contribution in [1.82, 2.24) is 9.97 Å². The molecular formula is C16H26N2O5. The van der Waals surface area contributed by atoms with Crippen LogP contribution in [0.15, 0.2) is 12.3 Å². The summed E-state index contributed by atoms with van der Waals surface area (Å²) in [6.45, 7) is 1.93. The maximum atomic E-state index is 8.66. The van der Waals surface area contributed by atoms with Gasteiger partial charge in [-0.05, 0) is 18.9 Å². The second-order valence-corrected chi connectivity index (χ2v) is 5.63. The number of ether oxygens (including phenoxy) is 4. The van der Waals surface area contributed by atoms with Gasteiger partial charge in [-0.2, -0.15) is 0 Å². The Balaban J connectivity index is 1.95. The molecule has 1 N–H and O–H groups in total. The summed E-state index contributed by atoms with van der Waals surface area (Å²) in [5.74, 6) is 0.789. The van der Waals surface area contributed by atoms with E-state index in [9.17, 15) is 0 Å². The molecule has 0 radical (unpaired) electrons. The van der Waals surface area contributed by atoms with E-state index in [1.165, 1.54) is 0 Å². The van der Waals surface area contributed by atoms with Gasteiger partial charge in [0, 0.05) is 20.4 Å². The standard InChI is InChI=1S/C16H26N2O5/c1-20-14(21-2)13-4-7-17-15(18-13)16(5-3-6-16)12-23-11-10-22-9-8-19/h4,7,14,19H,3,5-6,8-12H2,1-2H3. The van der Waals surface area contributed by atoms with Crippen LogP contribution in [0.3, 0.4) is 0 Å². The number of rotatable bonds is 11. The van der Waals surface area contributed by atoms with Gasteiger partial charge in [0.25, 0.3) is 0 Å². The summed E-state index contributed by atoms with van der Waals surface area (Å²) < 4.78 is 21.5. The zero-order chi connectivity index (χ0) is 16.5. The molecule has 0 saturated heterocycles. The molecule has 1 aromatic rings. The Morgan fingerprint density at radius 1 is 1.17 bits per heavy atom. The summed E-state index contributed by atoms with van der Waals surface area (Å²) in [5.41, 5.74) is 0.594. The largest absolute Gasteiger partial charge is 0.394 e.